The van der Waals surface area contributed by atoms with Crippen LogP contribution in [-0.2, 0) is 30.0 Å². The van der Waals surface area contributed by atoms with Gasteiger partial charge in [-0.2, -0.15) is 0 Å². The van der Waals surface area contributed by atoms with Crippen LogP contribution in [0.4, 0.5) is 11.4 Å². The number of hydrogen-bond donors (Lipinski definition) is 0. The molecule has 0 saturated carbocycles. The van der Waals surface area contributed by atoms with Gasteiger partial charge in [-0.1, -0.05) is 0 Å². The molecule has 2 rings (SSSR count). The third-order valence-electron chi connectivity index (χ3n) is 2.17. The molecule has 0 aliphatic heterocycles. The van der Waals surface area contributed by atoms with Crippen LogP contribution in [0.5, 0.6) is 0 Å². The molecule has 0 unspecified atom stereocenters. The zero-order valence-corrected chi connectivity index (χ0v) is 15.4. The van der Waals surface area contributed by atoms with Gasteiger partial charge in [0, 0.05) is 48.6 Å². The third-order valence-corrected chi connectivity index (χ3v) is 2.17. The summed E-state index contributed by atoms with van der Waals surface area (Å²) in [6.45, 7) is 1.94. The minimum absolute atomic E-state index is 0. The first kappa shape index (κ1) is 25.9. The number of nitrogens with zero attached hydrogens (tertiary/aromatic N) is 4. The summed E-state index contributed by atoms with van der Waals surface area (Å²) in [5, 5.41) is 39.0. The Morgan fingerprint density at radius 3 is 1.30 bits per heavy atom. The largest absolute Gasteiger partial charge is 2.00 e. The zero-order valence-electron chi connectivity index (χ0n) is 13.8. The van der Waals surface area contributed by atoms with E-state index in [9.17, 15) is 20.2 Å². The van der Waals surface area contributed by atoms with Crippen molar-refractivity contribution in [2.45, 2.75) is 13.8 Å². The Bertz CT molecular complexity index is 740. The summed E-state index contributed by atoms with van der Waals surface area (Å²) in [6.07, 6.45) is 2.52. The number of carboxylic acid groups (broad SMARTS) is 2. The fourth-order valence-electron chi connectivity index (χ4n) is 1.35. The number of aromatic nitrogens is 2. The molecule has 0 aliphatic carbocycles. The molecule has 0 atom stereocenters. The summed E-state index contributed by atoms with van der Waals surface area (Å²) in [5.41, 5.74) is 0.141. The molecular formula is C14H12N4O8Pd. The van der Waals surface area contributed by atoms with Gasteiger partial charge >= 0.3 is 20.4 Å². The summed E-state index contributed by atoms with van der Waals surface area (Å²) >= 11 is 0. The smallest absolute Gasteiger partial charge is 0.550 e. The van der Waals surface area contributed by atoms with Crippen LogP contribution in [0, 0.1) is 20.2 Å². The van der Waals surface area contributed by atoms with Gasteiger partial charge in [-0.3, -0.25) is 30.2 Å². The van der Waals surface area contributed by atoms with Gasteiger partial charge in [0.25, 0.3) is 11.4 Å². The van der Waals surface area contributed by atoms with Crippen LogP contribution >= 0.6 is 0 Å². The van der Waals surface area contributed by atoms with Gasteiger partial charge in [0.1, 0.15) is 0 Å². The maximum absolute atomic E-state index is 10.6. The van der Waals surface area contributed by atoms with Crippen molar-refractivity contribution in [3.05, 3.63) is 56.9 Å². The van der Waals surface area contributed by atoms with Gasteiger partial charge in [-0.05, 0) is 13.8 Å². The van der Waals surface area contributed by atoms with Crippen molar-refractivity contribution in [2.75, 3.05) is 0 Å². The Kier molecular flexibility index (Phi) is 12.5. The topological polar surface area (TPSA) is 192 Å². The molecule has 0 radical (unpaired) electrons. The number of pyridine rings is 2. The minimum Gasteiger partial charge on any atom is -0.550 e. The van der Waals surface area contributed by atoms with Crippen LogP contribution in [0.1, 0.15) is 13.8 Å². The van der Waals surface area contributed by atoms with Gasteiger partial charge in [-0.15, -0.1) is 0 Å². The summed E-state index contributed by atoms with van der Waals surface area (Å²) in [6, 6.07) is 4.90. The average molecular weight is 471 g/mol. The van der Waals surface area contributed by atoms with E-state index in [4.69, 9.17) is 19.8 Å². The molecule has 0 aromatic carbocycles. The molecule has 0 spiro atoms. The van der Waals surface area contributed by atoms with Gasteiger partial charge in [0.05, 0.1) is 21.2 Å². The number of rotatable bonds is 3. The predicted octanol–water partition coefficient (Wildman–Crippen LogP) is -0.530. The second-order valence-corrected chi connectivity index (χ2v) is 4.30. The Balaban J connectivity index is 0. The molecule has 0 fully saturated rings. The molecule has 27 heavy (non-hydrogen) atoms. The van der Waals surface area contributed by atoms with Crippen molar-refractivity contribution in [3.63, 3.8) is 0 Å². The Morgan fingerprint density at radius 1 is 0.815 bits per heavy atom. The Labute approximate surface area is 165 Å². The second kappa shape index (κ2) is 13.0. The fraction of sp³-hybridized carbons (Fsp3) is 0.143. The van der Waals surface area contributed by atoms with Crippen molar-refractivity contribution < 1.29 is 50.1 Å². The van der Waals surface area contributed by atoms with E-state index in [0.717, 1.165) is 13.8 Å². The van der Waals surface area contributed by atoms with E-state index in [1.54, 1.807) is 0 Å². The average Bonchev–Trinajstić information content (AvgIpc) is 2.54. The zero-order chi connectivity index (χ0) is 20.3. The van der Waals surface area contributed by atoms with E-state index in [0.29, 0.717) is 0 Å². The fourth-order valence-corrected chi connectivity index (χ4v) is 1.35. The predicted molar refractivity (Wildman–Crippen MR) is 82.1 cm³/mol. The first-order valence-electron chi connectivity index (χ1n) is 6.61. The van der Waals surface area contributed by atoms with Crippen LogP contribution in [0.3, 0.4) is 0 Å². The molecule has 0 amide bonds. The van der Waals surface area contributed by atoms with E-state index < -0.39 is 21.8 Å². The van der Waals surface area contributed by atoms with Crippen LogP contribution in [0.2, 0.25) is 0 Å². The van der Waals surface area contributed by atoms with Crippen LogP contribution in [0.25, 0.3) is 11.4 Å². The Hall–Kier alpha value is -3.30. The first-order valence-corrected chi connectivity index (χ1v) is 6.61. The molecule has 0 bridgehead atoms. The van der Waals surface area contributed by atoms with Gasteiger partial charge in [-0.25, -0.2) is 0 Å². The summed E-state index contributed by atoms with van der Waals surface area (Å²) in [7, 11) is 0. The number of hydrogen-bond acceptors (Lipinski definition) is 10. The Morgan fingerprint density at radius 2 is 1.07 bits per heavy atom. The molecule has 2 aromatic heterocycles. The van der Waals surface area contributed by atoms with E-state index in [2.05, 4.69) is 9.97 Å². The number of carboxylic acids is 2. The SMILES string of the molecule is CC(=O)[O-].CC(=O)[O-].O=[N+]([O-])c1ccnc(-c2cc([N+](=O)[O-])ccn2)c1.[Pd+2]. The summed E-state index contributed by atoms with van der Waals surface area (Å²) in [4.78, 5) is 45.7. The number of nitro groups is 2. The number of aliphatic carboxylic acids is 2. The van der Waals surface area contributed by atoms with E-state index >= 15 is 0 Å². The summed E-state index contributed by atoms with van der Waals surface area (Å²) < 4.78 is 0. The minimum atomic E-state index is -1.08. The third kappa shape index (κ3) is 11.8. The molecule has 13 heteroatoms. The normalized spacial score (nSPS) is 8.52. The summed E-state index contributed by atoms with van der Waals surface area (Å²) in [5.74, 6) is -2.17. The molecule has 146 valence electrons. The van der Waals surface area contributed by atoms with Crippen LogP contribution < -0.4 is 10.2 Å². The van der Waals surface area contributed by atoms with E-state index in [1.165, 1.54) is 36.7 Å². The van der Waals surface area contributed by atoms with Crippen molar-refractivity contribution in [1.82, 2.24) is 9.97 Å². The number of carbonyl (C=O) groups is 2. The second-order valence-electron chi connectivity index (χ2n) is 4.30. The quantitative estimate of drug-likeness (QED) is 0.320. The molecule has 2 aromatic rings. The van der Waals surface area contributed by atoms with E-state index in [-0.39, 0.29) is 43.2 Å². The van der Waals surface area contributed by atoms with E-state index in [1.807, 2.05) is 0 Å². The molecule has 0 N–H and O–H groups in total. The molecule has 12 nitrogen and oxygen atoms in total. The molecule has 2 heterocycles. The van der Waals surface area contributed by atoms with Crippen LogP contribution in [-0.4, -0.2) is 31.8 Å². The molecule has 0 saturated heterocycles. The van der Waals surface area contributed by atoms with Crippen molar-refractivity contribution in [3.8, 4) is 11.4 Å². The first-order chi connectivity index (χ1) is 12.0. The number of carbonyl (C=O) groups excluding carboxylic acids is 2. The van der Waals surface area contributed by atoms with Crippen molar-refractivity contribution in [2.24, 2.45) is 0 Å². The standard InChI is InChI=1S/C10H6N4O4.2C2H4O2.Pd/c15-13(16)7-1-3-11-9(5-7)10-6-8(14(17)18)2-4-12-10;2*1-2(3)4;/h1-6H;2*1H3,(H,3,4);/q;;;+2/p-2. The van der Waals surface area contributed by atoms with Gasteiger partial charge < -0.3 is 19.8 Å². The van der Waals surface area contributed by atoms with Crippen molar-refractivity contribution in [1.29, 1.82) is 0 Å². The molecular weight excluding hydrogens is 459 g/mol. The maximum atomic E-state index is 10.6. The van der Waals surface area contributed by atoms with Gasteiger partial charge in [0.2, 0.25) is 0 Å². The monoisotopic (exact) mass is 470 g/mol. The van der Waals surface area contributed by atoms with Crippen LogP contribution in [0.15, 0.2) is 36.7 Å². The van der Waals surface area contributed by atoms with Crippen molar-refractivity contribution >= 4 is 23.3 Å². The molecule has 0 aliphatic rings. The van der Waals surface area contributed by atoms with Gasteiger partial charge in [0.15, 0.2) is 0 Å². The maximum Gasteiger partial charge on any atom is 2.00 e.